The van der Waals surface area contributed by atoms with E-state index in [0.717, 1.165) is 31.2 Å². The van der Waals surface area contributed by atoms with Crippen molar-refractivity contribution in [3.05, 3.63) is 29.8 Å². The van der Waals surface area contributed by atoms with E-state index in [9.17, 15) is 24.0 Å². The fourth-order valence-corrected chi connectivity index (χ4v) is 5.40. The molecule has 3 N–H and O–H groups in total. The van der Waals surface area contributed by atoms with E-state index >= 15 is 0 Å². The van der Waals surface area contributed by atoms with Crippen molar-refractivity contribution in [1.29, 1.82) is 0 Å². The maximum atomic E-state index is 13.4. The summed E-state index contributed by atoms with van der Waals surface area (Å²) in [6.45, 7) is 3.45. The van der Waals surface area contributed by atoms with E-state index in [2.05, 4.69) is 16.0 Å². The van der Waals surface area contributed by atoms with Crippen LogP contribution in [0.3, 0.4) is 0 Å². The highest BCUT2D eigenvalue weighted by atomic mass is 16.2. The summed E-state index contributed by atoms with van der Waals surface area (Å²) in [5, 5.41) is 8.62. The molecule has 1 saturated carbocycles. The van der Waals surface area contributed by atoms with E-state index in [1.54, 1.807) is 30.0 Å². The van der Waals surface area contributed by atoms with Gasteiger partial charge >= 0.3 is 0 Å². The minimum absolute atomic E-state index is 0.0177. The molecule has 0 radical (unpaired) electrons. The first kappa shape index (κ1) is 25.9. The number of anilines is 1. The molecule has 194 valence electrons. The van der Waals surface area contributed by atoms with E-state index in [1.165, 1.54) is 6.92 Å². The van der Waals surface area contributed by atoms with Crippen molar-refractivity contribution in [2.45, 2.75) is 96.3 Å². The van der Waals surface area contributed by atoms with E-state index in [4.69, 9.17) is 0 Å². The number of hydrogen-bond donors (Lipinski definition) is 3. The molecular weight excluding hydrogens is 460 g/mol. The molecule has 2 saturated heterocycles. The maximum absolute atomic E-state index is 13.4. The number of rotatable bonds is 8. The number of carbonyl (C=O) groups is 5. The average Bonchev–Trinajstić information content (AvgIpc) is 3.58. The van der Waals surface area contributed by atoms with Crippen molar-refractivity contribution in [3.8, 4) is 0 Å². The summed E-state index contributed by atoms with van der Waals surface area (Å²) in [6.07, 6.45) is 6.13. The molecule has 0 aromatic heterocycles. The highest BCUT2D eigenvalue weighted by Gasteiger charge is 2.54. The monoisotopic (exact) mass is 496 g/mol. The van der Waals surface area contributed by atoms with Crippen LogP contribution in [-0.4, -0.2) is 52.4 Å². The third kappa shape index (κ3) is 5.44. The van der Waals surface area contributed by atoms with Crippen LogP contribution in [0.15, 0.2) is 24.3 Å². The molecule has 4 amide bonds. The highest BCUT2D eigenvalue weighted by Crippen LogP contribution is 2.47. The predicted molar refractivity (Wildman–Crippen MR) is 134 cm³/mol. The number of amides is 4. The average molecular weight is 497 g/mol. The van der Waals surface area contributed by atoms with Gasteiger partial charge in [0.25, 0.3) is 0 Å². The number of nitrogens with zero attached hydrogens (tertiary/aromatic N) is 1. The zero-order chi connectivity index (χ0) is 25.9. The molecule has 9 heteroatoms. The van der Waals surface area contributed by atoms with Gasteiger partial charge in [0.1, 0.15) is 23.3 Å². The SMILES string of the molecule is CCC(=O)NC1CCCCC2CCC(C(=O)NCc3cccc(NC(=O)C4(C(C)=O)CC4)c3)N2C1=O. The molecule has 3 atom stereocenters. The largest absolute Gasteiger partial charge is 0.350 e. The Hall–Kier alpha value is -3.23. The molecule has 2 heterocycles. The minimum Gasteiger partial charge on any atom is -0.350 e. The van der Waals surface area contributed by atoms with Crippen LogP contribution in [0.1, 0.15) is 77.2 Å². The van der Waals surface area contributed by atoms with Crippen LogP contribution >= 0.6 is 0 Å². The number of Topliss-reactive ketones (excluding diaryl/α,β-unsaturated/α-hetero) is 1. The highest BCUT2D eigenvalue weighted by molar-refractivity contribution is 6.13. The normalized spacial score (nSPS) is 24.7. The van der Waals surface area contributed by atoms with Crippen molar-refractivity contribution in [1.82, 2.24) is 15.5 Å². The van der Waals surface area contributed by atoms with Gasteiger partial charge in [-0.25, -0.2) is 0 Å². The first-order valence-corrected chi connectivity index (χ1v) is 13.1. The molecule has 36 heavy (non-hydrogen) atoms. The Morgan fingerprint density at radius 1 is 1.06 bits per heavy atom. The third-order valence-electron chi connectivity index (χ3n) is 7.80. The lowest BCUT2D eigenvalue weighted by Gasteiger charge is -2.35. The Balaban J connectivity index is 1.38. The van der Waals surface area contributed by atoms with Crippen LogP contribution in [0.25, 0.3) is 0 Å². The fourth-order valence-electron chi connectivity index (χ4n) is 5.40. The maximum Gasteiger partial charge on any atom is 0.246 e. The van der Waals surface area contributed by atoms with Crippen molar-refractivity contribution >= 4 is 35.1 Å². The van der Waals surface area contributed by atoms with E-state index < -0.39 is 17.5 Å². The molecule has 0 bridgehead atoms. The summed E-state index contributed by atoms with van der Waals surface area (Å²) in [6, 6.07) is 6.05. The standard InChI is InChI=1S/C27H36N4O5/c1-3-23(33)30-21-10-5-4-9-20-11-12-22(31(20)25(21)35)24(34)28-16-18-7-6-8-19(15-18)29-26(36)27(13-14-27)17(2)32/h6-8,15,20-22H,3-5,9-14,16H2,1-2H3,(H,28,34)(H,29,36)(H,30,33). The van der Waals surface area contributed by atoms with Crippen LogP contribution in [0.4, 0.5) is 5.69 Å². The first-order valence-electron chi connectivity index (χ1n) is 13.1. The number of ketones is 1. The van der Waals surface area contributed by atoms with Gasteiger partial charge in [-0.05, 0) is 63.1 Å². The van der Waals surface area contributed by atoms with Crippen LogP contribution in [0.5, 0.6) is 0 Å². The quantitative estimate of drug-likeness (QED) is 0.477. The van der Waals surface area contributed by atoms with Crippen molar-refractivity contribution in [2.75, 3.05) is 5.32 Å². The van der Waals surface area contributed by atoms with Gasteiger partial charge in [0.05, 0.1) is 0 Å². The molecule has 3 unspecified atom stereocenters. The fraction of sp³-hybridized carbons (Fsp3) is 0.593. The molecule has 0 spiro atoms. The zero-order valence-electron chi connectivity index (χ0n) is 21.1. The number of nitrogens with one attached hydrogen (secondary N) is 3. The Bertz CT molecular complexity index is 1050. The molecule has 2 aliphatic heterocycles. The minimum atomic E-state index is -0.893. The first-order chi connectivity index (χ1) is 17.2. The molecule has 1 aliphatic carbocycles. The summed E-state index contributed by atoms with van der Waals surface area (Å²) < 4.78 is 0. The van der Waals surface area contributed by atoms with E-state index in [1.807, 2.05) is 6.07 Å². The van der Waals surface area contributed by atoms with Gasteiger partial charge in [0.2, 0.25) is 23.6 Å². The van der Waals surface area contributed by atoms with Crippen LogP contribution in [-0.2, 0) is 30.5 Å². The van der Waals surface area contributed by atoms with Gasteiger partial charge in [0.15, 0.2) is 0 Å². The van der Waals surface area contributed by atoms with Crippen LogP contribution < -0.4 is 16.0 Å². The smallest absolute Gasteiger partial charge is 0.246 e. The topological polar surface area (TPSA) is 125 Å². The van der Waals surface area contributed by atoms with Gasteiger partial charge in [-0.2, -0.15) is 0 Å². The van der Waals surface area contributed by atoms with Crippen molar-refractivity contribution in [3.63, 3.8) is 0 Å². The molecule has 9 nitrogen and oxygen atoms in total. The molecule has 1 aromatic carbocycles. The zero-order valence-corrected chi connectivity index (χ0v) is 21.1. The molecular formula is C27H36N4O5. The number of hydrogen-bond acceptors (Lipinski definition) is 5. The van der Waals surface area contributed by atoms with Gasteiger partial charge in [-0.1, -0.05) is 31.9 Å². The Labute approximate surface area is 211 Å². The van der Waals surface area contributed by atoms with Gasteiger partial charge in [-0.15, -0.1) is 0 Å². The number of carbonyl (C=O) groups excluding carboxylic acids is 5. The molecule has 4 rings (SSSR count). The predicted octanol–water partition coefficient (Wildman–Crippen LogP) is 2.44. The Kier molecular flexibility index (Phi) is 7.76. The lowest BCUT2D eigenvalue weighted by Crippen LogP contribution is -2.56. The van der Waals surface area contributed by atoms with E-state index in [-0.39, 0.29) is 42.0 Å². The lowest BCUT2D eigenvalue weighted by molar-refractivity contribution is -0.144. The summed E-state index contributed by atoms with van der Waals surface area (Å²) in [7, 11) is 0. The van der Waals surface area contributed by atoms with Gasteiger partial charge < -0.3 is 20.9 Å². The summed E-state index contributed by atoms with van der Waals surface area (Å²) >= 11 is 0. The molecule has 3 fully saturated rings. The summed E-state index contributed by atoms with van der Waals surface area (Å²) in [4.78, 5) is 64.6. The lowest BCUT2D eigenvalue weighted by atomic mass is 9.99. The summed E-state index contributed by atoms with van der Waals surface area (Å²) in [5.74, 6) is -0.936. The van der Waals surface area contributed by atoms with Gasteiger partial charge in [0, 0.05) is 24.7 Å². The number of benzene rings is 1. The summed E-state index contributed by atoms with van der Waals surface area (Å²) in [5.41, 5.74) is 0.486. The third-order valence-corrected chi connectivity index (χ3v) is 7.80. The van der Waals surface area contributed by atoms with Crippen molar-refractivity contribution < 1.29 is 24.0 Å². The van der Waals surface area contributed by atoms with Crippen LogP contribution in [0, 0.1) is 5.41 Å². The second kappa shape index (κ2) is 10.8. The van der Waals surface area contributed by atoms with Crippen LogP contribution in [0.2, 0.25) is 0 Å². The number of fused-ring (bicyclic) bond motifs is 1. The second-order valence-electron chi connectivity index (χ2n) is 10.3. The van der Waals surface area contributed by atoms with E-state index in [0.29, 0.717) is 37.8 Å². The Morgan fingerprint density at radius 3 is 2.50 bits per heavy atom. The molecule has 1 aromatic rings. The van der Waals surface area contributed by atoms with Gasteiger partial charge in [-0.3, -0.25) is 24.0 Å². The van der Waals surface area contributed by atoms with Crippen molar-refractivity contribution in [2.24, 2.45) is 5.41 Å². The second-order valence-corrected chi connectivity index (χ2v) is 10.3. The Morgan fingerprint density at radius 2 is 1.81 bits per heavy atom. The molecule has 3 aliphatic rings.